The van der Waals surface area contributed by atoms with E-state index in [2.05, 4.69) is 0 Å². The molecule has 1 amide bonds. The minimum absolute atomic E-state index is 0.0199. The van der Waals surface area contributed by atoms with Crippen LogP contribution in [0.1, 0.15) is 49.6 Å². The third-order valence-electron chi connectivity index (χ3n) is 3.38. The Morgan fingerprint density at radius 1 is 1.43 bits per heavy atom. The second-order valence-corrected chi connectivity index (χ2v) is 5.65. The van der Waals surface area contributed by atoms with Gasteiger partial charge < -0.3 is 14.2 Å². The molecular formula is C15H21ClN2O3. The first-order chi connectivity index (χ1) is 10.1. The molecule has 1 heterocycles. The lowest BCUT2D eigenvalue weighted by molar-refractivity contribution is -0.143. The van der Waals surface area contributed by atoms with Crippen molar-refractivity contribution in [3.8, 4) is 0 Å². The fourth-order valence-corrected chi connectivity index (χ4v) is 2.53. The minimum atomic E-state index is -0.380. The highest BCUT2D eigenvalue weighted by atomic mass is 35.5. The van der Waals surface area contributed by atoms with Crippen molar-refractivity contribution in [2.75, 3.05) is 19.7 Å². The zero-order valence-electron chi connectivity index (χ0n) is 12.5. The van der Waals surface area contributed by atoms with Gasteiger partial charge in [-0.05, 0) is 32.3 Å². The molecule has 1 fully saturated rings. The van der Waals surface area contributed by atoms with E-state index in [0.29, 0.717) is 29.9 Å². The van der Waals surface area contributed by atoms with Crippen LogP contribution in [0.3, 0.4) is 0 Å². The number of carbonyl (C=O) groups excluding carboxylic acids is 2. The van der Waals surface area contributed by atoms with Crippen LogP contribution in [0, 0.1) is 0 Å². The normalized spacial score (nSPS) is 14.0. The number of rotatable bonds is 7. The fourth-order valence-electron chi connectivity index (χ4n) is 2.32. The Kier molecular flexibility index (Phi) is 5.28. The lowest BCUT2D eigenvalue weighted by Crippen LogP contribution is -2.38. The van der Waals surface area contributed by atoms with Crippen molar-refractivity contribution in [1.82, 2.24) is 9.47 Å². The van der Waals surface area contributed by atoms with Gasteiger partial charge in [-0.3, -0.25) is 9.59 Å². The average molecular weight is 313 g/mol. The third-order valence-corrected chi connectivity index (χ3v) is 3.59. The Morgan fingerprint density at radius 2 is 2.14 bits per heavy atom. The molecule has 2 rings (SSSR count). The van der Waals surface area contributed by atoms with E-state index in [1.807, 2.05) is 11.5 Å². The van der Waals surface area contributed by atoms with Crippen LogP contribution in [-0.2, 0) is 9.53 Å². The molecule has 0 spiro atoms. The molecular weight excluding hydrogens is 292 g/mol. The van der Waals surface area contributed by atoms with E-state index < -0.39 is 0 Å². The number of carbonyl (C=O) groups is 2. The van der Waals surface area contributed by atoms with Crippen LogP contribution >= 0.6 is 11.6 Å². The molecule has 0 N–H and O–H groups in total. The van der Waals surface area contributed by atoms with Gasteiger partial charge in [0.1, 0.15) is 12.2 Å². The number of esters is 1. The molecule has 0 bridgehead atoms. The van der Waals surface area contributed by atoms with E-state index in [1.165, 1.54) is 4.90 Å². The lowest BCUT2D eigenvalue weighted by atomic mass is 10.3. The first-order valence-corrected chi connectivity index (χ1v) is 7.76. The van der Waals surface area contributed by atoms with Crippen molar-refractivity contribution in [2.24, 2.45) is 0 Å². The number of hydrogen-bond donors (Lipinski definition) is 0. The molecule has 0 radical (unpaired) electrons. The summed E-state index contributed by atoms with van der Waals surface area (Å²) < 4.78 is 6.86. The van der Waals surface area contributed by atoms with Gasteiger partial charge in [0.25, 0.3) is 5.91 Å². The predicted octanol–water partition coefficient (Wildman–Crippen LogP) is 2.89. The van der Waals surface area contributed by atoms with E-state index in [9.17, 15) is 9.59 Å². The largest absolute Gasteiger partial charge is 0.465 e. The third kappa shape index (κ3) is 4.00. The molecule has 1 saturated carbocycles. The lowest BCUT2D eigenvalue weighted by Gasteiger charge is -2.21. The van der Waals surface area contributed by atoms with Crippen LogP contribution in [0.25, 0.3) is 0 Å². The summed E-state index contributed by atoms with van der Waals surface area (Å²) in [4.78, 5) is 25.9. The van der Waals surface area contributed by atoms with Crippen molar-refractivity contribution >= 4 is 23.5 Å². The number of nitrogens with zero attached hydrogens (tertiary/aromatic N) is 2. The van der Waals surface area contributed by atoms with Crippen molar-refractivity contribution in [1.29, 1.82) is 0 Å². The number of aromatic nitrogens is 1. The van der Waals surface area contributed by atoms with E-state index >= 15 is 0 Å². The monoisotopic (exact) mass is 312 g/mol. The molecule has 1 aliphatic rings. The minimum Gasteiger partial charge on any atom is -0.465 e. The smallest absolute Gasteiger partial charge is 0.325 e. The van der Waals surface area contributed by atoms with Gasteiger partial charge in [0, 0.05) is 18.8 Å². The van der Waals surface area contributed by atoms with Crippen molar-refractivity contribution in [3.05, 3.63) is 23.0 Å². The summed E-state index contributed by atoms with van der Waals surface area (Å²) in [6.07, 6.45) is 4.71. The van der Waals surface area contributed by atoms with E-state index in [-0.39, 0.29) is 18.4 Å². The first-order valence-electron chi connectivity index (χ1n) is 7.39. The van der Waals surface area contributed by atoms with Crippen LogP contribution in [0.5, 0.6) is 0 Å². The highest BCUT2D eigenvalue weighted by Crippen LogP contribution is 2.37. The maximum atomic E-state index is 12.7. The highest BCUT2D eigenvalue weighted by molar-refractivity contribution is 6.31. The van der Waals surface area contributed by atoms with Gasteiger partial charge in [-0.25, -0.2) is 0 Å². The van der Waals surface area contributed by atoms with Crippen LogP contribution in [0.4, 0.5) is 0 Å². The summed E-state index contributed by atoms with van der Waals surface area (Å²) >= 11 is 6.04. The van der Waals surface area contributed by atoms with E-state index in [4.69, 9.17) is 16.3 Å². The molecule has 5 nitrogen and oxygen atoms in total. The van der Waals surface area contributed by atoms with Crippen LogP contribution < -0.4 is 0 Å². The first kappa shape index (κ1) is 15.9. The van der Waals surface area contributed by atoms with Gasteiger partial charge in [0.15, 0.2) is 0 Å². The number of halogens is 1. The molecule has 1 aromatic rings. The fraction of sp³-hybridized carbons (Fsp3) is 0.600. The molecule has 0 saturated heterocycles. The SMILES string of the molecule is CCCN(CC(=O)OCC)C(=O)c1cc(Cl)cn1C1CC1. The van der Waals surface area contributed by atoms with Crippen LogP contribution in [-0.4, -0.2) is 41.0 Å². The van der Waals surface area contributed by atoms with Crippen molar-refractivity contribution < 1.29 is 14.3 Å². The molecule has 6 heteroatoms. The zero-order valence-corrected chi connectivity index (χ0v) is 13.2. The second-order valence-electron chi connectivity index (χ2n) is 5.21. The molecule has 0 aromatic carbocycles. The van der Waals surface area contributed by atoms with Crippen LogP contribution in [0.15, 0.2) is 12.3 Å². The van der Waals surface area contributed by atoms with Gasteiger partial charge in [0.2, 0.25) is 0 Å². The number of hydrogen-bond acceptors (Lipinski definition) is 3. The Morgan fingerprint density at radius 3 is 2.71 bits per heavy atom. The topological polar surface area (TPSA) is 51.5 Å². The Bertz CT molecular complexity index is 523. The van der Waals surface area contributed by atoms with E-state index in [1.54, 1.807) is 19.2 Å². The van der Waals surface area contributed by atoms with Gasteiger partial charge in [-0.1, -0.05) is 18.5 Å². The van der Waals surface area contributed by atoms with Gasteiger partial charge >= 0.3 is 5.97 Å². The van der Waals surface area contributed by atoms with Gasteiger partial charge in [-0.15, -0.1) is 0 Å². The summed E-state index contributed by atoms with van der Waals surface area (Å²) in [5, 5.41) is 0.554. The summed E-state index contributed by atoms with van der Waals surface area (Å²) in [6, 6.07) is 2.04. The molecule has 0 unspecified atom stereocenters. The quantitative estimate of drug-likeness (QED) is 0.727. The second kappa shape index (κ2) is 6.98. The Labute approximate surface area is 129 Å². The Hall–Kier alpha value is -1.49. The summed E-state index contributed by atoms with van der Waals surface area (Å²) in [6.45, 7) is 4.54. The molecule has 0 aliphatic heterocycles. The number of ether oxygens (including phenoxy) is 1. The average Bonchev–Trinajstić information content (AvgIpc) is 3.20. The Balaban J connectivity index is 2.15. The van der Waals surface area contributed by atoms with Gasteiger partial charge in [-0.2, -0.15) is 0 Å². The van der Waals surface area contributed by atoms with Crippen molar-refractivity contribution in [3.63, 3.8) is 0 Å². The zero-order chi connectivity index (χ0) is 15.4. The molecule has 21 heavy (non-hydrogen) atoms. The molecule has 116 valence electrons. The molecule has 0 atom stereocenters. The van der Waals surface area contributed by atoms with Gasteiger partial charge in [0.05, 0.1) is 11.6 Å². The summed E-state index contributed by atoms with van der Waals surface area (Å²) in [5.74, 6) is -0.543. The van der Waals surface area contributed by atoms with E-state index in [0.717, 1.165) is 19.3 Å². The number of amides is 1. The van der Waals surface area contributed by atoms with Crippen LogP contribution in [0.2, 0.25) is 5.02 Å². The van der Waals surface area contributed by atoms with Crippen molar-refractivity contribution in [2.45, 2.75) is 39.2 Å². The maximum absolute atomic E-state index is 12.7. The standard InChI is InChI=1S/C15H21ClN2O3/c1-3-7-17(10-14(19)21-4-2)15(20)13-8-11(16)9-18(13)12-5-6-12/h8-9,12H,3-7,10H2,1-2H3. The highest BCUT2D eigenvalue weighted by Gasteiger charge is 2.30. The summed E-state index contributed by atoms with van der Waals surface area (Å²) in [5.41, 5.74) is 0.556. The molecule has 1 aliphatic carbocycles. The molecule has 1 aromatic heterocycles. The summed E-state index contributed by atoms with van der Waals surface area (Å²) in [7, 11) is 0. The maximum Gasteiger partial charge on any atom is 0.325 e. The predicted molar refractivity (Wildman–Crippen MR) is 80.5 cm³/mol.